The van der Waals surface area contributed by atoms with Crippen LogP contribution in [0.15, 0.2) is 22.7 Å². The minimum atomic E-state index is -0.864. The van der Waals surface area contributed by atoms with Crippen LogP contribution < -0.4 is 5.32 Å². The molecule has 5 heteroatoms. The Morgan fingerprint density at radius 1 is 1.29 bits per heavy atom. The van der Waals surface area contributed by atoms with Gasteiger partial charge in [0, 0.05) is 10.2 Å². The topological polar surface area (TPSA) is 66.4 Å². The number of carbonyl (C=O) groups is 2. The predicted octanol–water partition coefficient (Wildman–Crippen LogP) is 3.83. The molecule has 1 aliphatic rings. The molecule has 21 heavy (non-hydrogen) atoms. The summed E-state index contributed by atoms with van der Waals surface area (Å²) < 4.78 is 0.894. The van der Waals surface area contributed by atoms with Crippen molar-refractivity contribution in [2.24, 2.45) is 17.8 Å². The molecule has 0 saturated heterocycles. The van der Waals surface area contributed by atoms with Crippen molar-refractivity contribution in [2.75, 3.05) is 5.32 Å². The lowest BCUT2D eigenvalue weighted by Crippen LogP contribution is -2.30. The molecule has 1 aromatic rings. The molecule has 1 aromatic carbocycles. The first-order chi connectivity index (χ1) is 9.90. The van der Waals surface area contributed by atoms with Crippen molar-refractivity contribution < 1.29 is 14.7 Å². The van der Waals surface area contributed by atoms with E-state index in [-0.39, 0.29) is 5.91 Å². The van der Waals surface area contributed by atoms with Gasteiger partial charge in [-0.25, -0.2) is 0 Å². The number of carboxylic acid groups (broad SMARTS) is 1. The Kier molecular flexibility index (Phi) is 5.04. The second-order valence-corrected chi connectivity index (χ2v) is 6.72. The molecule has 1 aliphatic carbocycles. The van der Waals surface area contributed by atoms with Crippen LogP contribution in [0, 0.1) is 24.7 Å². The molecule has 1 unspecified atom stereocenters. The summed E-state index contributed by atoms with van der Waals surface area (Å²) in [5, 5.41) is 12.2. The summed E-state index contributed by atoms with van der Waals surface area (Å²) in [6.07, 6.45) is 2.18. The summed E-state index contributed by atoms with van der Waals surface area (Å²) in [5.41, 5.74) is 1.74. The number of hydrogen-bond donors (Lipinski definition) is 2. The van der Waals surface area contributed by atoms with Gasteiger partial charge in [0.1, 0.15) is 0 Å². The van der Waals surface area contributed by atoms with Gasteiger partial charge in [-0.1, -0.05) is 29.3 Å². The molecular weight excluding hydrogens is 334 g/mol. The summed E-state index contributed by atoms with van der Waals surface area (Å²) in [7, 11) is 0. The molecule has 2 rings (SSSR count). The third kappa shape index (κ3) is 3.84. The largest absolute Gasteiger partial charge is 0.481 e. The maximum Gasteiger partial charge on any atom is 0.307 e. The third-order valence-electron chi connectivity index (χ3n) is 4.20. The Balaban J connectivity index is 2.13. The Hall–Kier alpha value is -1.36. The molecule has 4 nitrogen and oxygen atoms in total. The number of carbonyl (C=O) groups excluding carboxylic acids is 1. The smallest absolute Gasteiger partial charge is 0.307 e. The van der Waals surface area contributed by atoms with Gasteiger partial charge in [-0.15, -0.1) is 0 Å². The van der Waals surface area contributed by atoms with E-state index in [9.17, 15) is 14.7 Å². The molecular formula is C16H20BrNO3. The molecule has 0 bridgehead atoms. The van der Waals surface area contributed by atoms with Gasteiger partial charge in [0.25, 0.3) is 0 Å². The molecule has 1 fully saturated rings. The lowest BCUT2D eigenvalue weighted by atomic mass is 9.95. The molecule has 1 amide bonds. The lowest BCUT2D eigenvalue weighted by Gasteiger charge is -2.16. The molecule has 3 atom stereocenters. The summed E-state index contributed by atoms with van der Waals surface area (Å²) in [6, 6.07) is 5.66. The van der Waals surface area contributed by atoms with Crippen molar-refractivity contribution in [1.82, 2.24) is 0 Å². The van der Waals surface area contributed by atoms with Gasteiger partial charge in [-0.3, -0.25) is 9.59 Å². The average molecular weight is 354 g/mol. The van der Waals surface area contributed by atoms with Gasteiger partial charge < -0.3 is 10.4 Å². The van der Waals surface area contributed by atoms with Crippen molar-refractivity contribution in [2.45, 2.75) is 33.1 Å². The Morgan fingerprint density at radius 3 is 2.52 bits per heavy atom. The number of halogens is 1. The van der Waals surface area contributed by atoms with Gasteiger partial charge in [0.15, 0.2) is 0 Å². The molecule has 0 aromatic heterocycles. The third-order valence-corrected chi connectivity index (χ3v) is 4.66. The number of carboxylic acids is 1. The first kappa shape index (κ1) is 16.0. The Morgan fingerprint density at radius 2 is 1.95 bits per heavy atom. The summed E-state index contributed by atoms with van der Waals surface area (Å²) >= 11 is 3.40. The van der Waals surface area contributed by atoms with Crippen molar-refractivity contribution in [3.8, 4) is 0 Å². The van der Waals surface area contributed by atoms with Crippen LogP contribution in [0.4, 0.5) is 5.69 Å². The van der Waals surface area contributed by atoms with E-state index in [0.29, 0.717) is 24.4 Å². The summed E-state index contributed by atoms with van der Waals surface area (Å²) in [5.74, 6) is -1.73. The molecule has 0 radical (unpaired) electrons. The standard InChI is InChI=1S/C16H20BrNO3/c1-3-10-6-13(14(7-10)16(20)21)15(19)18-12-5-9(2)4-11(17)8-12/h4-5,8,10,13-14H,3,6-7H2,1-2H3,(H,18,19)(H,20,21)/t10?,13-,14+/m0/s1. The lowest BCUT2D eigenvalue weighted by molar-refractivity contribution is -0.145. The van der Waals surface area contributed by atoms with Gasteiger partial charge in [-0.05, 0) is 49.4 Å². The van der Waals surface area contributed by atoms with Gasteiger partial charge in [-0.2, -0.15) is 0 Å². The average Bonchev–Trinajstić information content (AvgIpc) is 2.81. The number of hydrogen-bond acceptors (Lipinski definition) is 2. The number of aliphatic carboxylic acids is 1. The summed E-state index contributed by atoms with van der Waals surface area (Å²) in [6.45, 7) is 3.99. The minimum Gasteiger partial charge on any atom is -0.481 e. The normalized spacial score (nSPS) is 24.8. The number of nitrogens with one attached hydrogen (secondary N) is 1. The number of aryl methyl sites for hydroxylation is 1. The number of amides is 1. The van der Waals surface area contributed by atoms with Crippen LogP contribution in [0.2, 0.25) is 0 Å². The maximum atomic E-state index is 12.4. The number of anilines is 1. The fraction of sp³-hybridized carbons (Fsp3) is 0.500. The highest BCUT2D eigenvalue weighted by atomic mass is 79.9. The molecule has 1 saturated carbocycles. The van der Waals surface area contributed by atoms with Crippen LogP contribution in [0.25, 0.3) is 0 Å². The number of benzene rings is 1. The van der Waals surface area contributed by atoms with E-state index in [2.05, 4.69) is 21.2 Å². The maximum absolute atomic E-state index is 12.4. The first-order valence-electron chi connectivity index (χ1n) is 7.21. The fourth-order valence-corrected chi connectivity index (χ4v) is 3.69. The zero-order chi connectivity index (χ0) is 15.6. The highest BCUT2D eigenvalue weighted by Crippen LogP contribution is 2.39. The van der Waals surface area contributed by atoms with E-state index in [1.54, 1.807) is 0 Å². The van der Waals surface area contributed by atoms with Gasteiger partial charge in [0.05, 0.1) is 11.8 Å². The molecule has 0 heterocycles. The zero-order valence-electron chi connectivity index (χ0n) is 12.2. The minimum absolute atomic E-state index is 0.184. The van der Waals surface area contributed by atoms with E-state index in [0.717, 1.165) is 16.5 Å². The van der Waals surface area contributed by atoms with Crippen molar-refractivity contribution >= 4 is 33.5 Å². The van der Waals surface area contributed by atoms with Crippen molar-refractivity contribution in [3.05, 3.63) is 28.2 Å². The van der Waals surface area contributed by atoms with Crippen LogP contribution in [-0.2, 0) is 9.59 Å². The Bertz CT molecular complexity index is 538. The van der Waals surface area contributed by atoms with Gasteiger partial charge in [0.2, 0.25) is 5.91 Å². The van der Waals surface area contributed by atoms with E-state index in [1.165, 1.54) is 0 Å². The first-order valence-corrected chi connectivity index (χ1v) is 8.00. The monoisotopic (exact) mass is 353 g/mol. The van der Waals surface area contributed by atoms with Crippen LogP contribution in [0.1, 0.15) is 31.7 Å². The highest BCUT2D eigenvalue weighted by molar-refractivity contribution is 9.10. The highest BCUT2D eigenvalue weighted by Gasteiger charge is 2.42. The van der Waals surface area contributed by atoms with E-state index in [1.807, 2.05) is 32.0 Å². The second-order valence-electron chi connectivity index (χ2n) is 5.80. The van der Waals surface area contributed by atoms with Crippen molar-refractivity contribution in [1.29, 1.82) is 0 Å². The molecule has 2 N–H and O–H groups in total. The van der Waals surface area contributed by atoms with Crippen LogP contribution in [0.3, 0.4) is 0 Å². The predicted molar refractivity (Wildman–Crippen MR) is 85.1 cm³/mol. The SMILES string of the molecule is CCC1C[C@H](C(=O)Nc2cc(C)cc(Br)c2)[C@H](C(=O)O)C1. The summed E-state index contributed by atoms with van der Waals surface area (Å²) in [4.78, 5) is 23.8. The molecule has 0 aliphatic heterocycles. The quantitative estimate of drug-likeness (QED) is 0.864. The van der Waals surface area contributed by atoms with E-state index >= 15 is 0 Å². The second kappa shape index (κ2) is 6.60. The van der Waals surface area contributed by atoms with Crippen LogP contribution >= 0.6 is 15.9 Å². The fourth-order valence-electron chi connectivity index (χ4n) is 3.08. The van der Waals surface area contributed by atoms with E-state index in [4.69, 9.17) is 0 Å². The molecule has 0 spiro atoms. The Labute approximate surface area is 133 Å². The van der Waals surface area contributed by atoms with Crippen LogP contribution in [0.5, 0.6) is 0 Å². The van der Waals surface area contributed by atoms with Gasteiger partial charge >= 0.3 is 5.97 Å². The zero-order valence-corrected chi connectivity index (χ0v) is 13.8. The van der Waals surface area contributed by atoms with E-state index < -0.39 is 17.8 Å². The van der Waals surface area contributed by atoms with Crippen molar-refractivity contribution in [3.63, 3.8) is 0 Å². The number of rotatable bonds is 4. The van der Waals surface area contributed by atoms with Crippen LogP contribution in [-0.4, -0.2) is 17.0 Å². The molecule has 114 valence electrons.